The molecule has 1 saturated carbocycles. The maximum atomic E-state index is 13.4. The number of halogens is 1. The number of aliphatic hydroxyl groups is 1. The average Bonchev–Trinajstić information content (AvgIpc) is 2.41. The number of amides is 1. The Kier molecular flexibility index (Phi) is 4.41. The van der Waals surface area contributed by atoms with Gasteiger partial charge in [-0.25, -0.2) is 4.39 Å². The van der Waals surface area contributed by atoms with Crippen LogP contribution in [0.5, 0.6) is 0 Å². The summed E-state index contributed by atoms with van der Waals surface area (Å²) >= 11 is 0. The van der Waals surface area contributed by atoms with Crippen LogP contribution in [0.2, 0.25) is 0 Å². The highest BCUT2D eigenvalue weighted by molar-refractivity contribution is 5.97. The lowest BCUT2D eigenvalue weighted by Crippen LogP contribution is -2.53. The number of nitrogens with one attached hydrogen (secondary N) is 1. The zero-order chi connectivity index (χ0) is 14.6. The molecule has 0 aromatic heterocycles. The van der Waals surface area contributed by atoms with Crippen LogP contribution in [0.1, 0.15) is 48.5 Å². The van der Waals surface area contributed by atoms with Gasteiger partial charge in [0.15, 0.2) is 0 Å². The quantitative estimate of drug-likeness (QED) is 0.831. The molecule has 4 heteroatoms. The Morgan fingerprint density at radius 3 is 2.80 bits per heavy atom. The zero-order valence-corrected chi connectivity index (χ0v) is 11.5. The molecule has 0 unspecified atom stereocenters. The molecule has 0 saturated heterocycles. The van der Waals surface area contributed by atoms with Gasteiger partial charge in [-0.3, -0.25) is 4.79 Å². The molecule has 3 nitrogen and oxygen atoms in total. The lowest BCUT2D eigenvalue weighted by atomic mass is 9.74. The van der Waals surface area contributed by atoms with Crippen molar-refractivity contribution in [1.82, 2.24) is 5.32 Å². The van der Waals surface area contributed by atoms with Crippen molar-refractivity contribution in [3.05, 3.63) is 35.1 Å². The molecule has 1 aliphatic rings. The number of aliphatic hydroxyl groups excluding tert-OH is 1. The van der Waals surface area contributed by atoms with Crippen molar-refractivity contribution in [2.24, 2.45) is 0 Å². The zero-order valence-electron chi connectivity index (χ0n) is 11.5. The second-order valence-electron chi connectivity index (χ2n) is 5.09. The molecular formula is C16H18FNO2. The lowest BCUT2D eigenvalue weighted by molar-refractivity contribution is 0.0819. The Morgan fingerprint density at radius 2 is 2.25 bits per heavy atom. The predicted octanol–water partition coefficient (Wildman–Crippen LogP) is 2.23. The van der Waals surface area contributed by atoms with Gasteiger partial charge in [0.05, 0.1) is 5.56 Å². The molecule has 0 aliphatic heterocycles. The summed E-state index contributed by atoms with van der Waals surface area (Å²) in [6, 6.07) is 3.92. The van der Waals surface area contributed by atoms with E-state index in [9.17, 15) is 9.18 Å². The largest absolute Gasteiger partial charge is 0.384 e. The Morgan fingerprint density at radius 1 is 1.50 bits per heavy atom. The Hall–Kier alpha value is -1.86. The Labute approximate surface area is 118 Å². The maximum absolute atomic E-state index is 13.4. The van der Waals surface area contributed by atoms with Crippen molar-refractivity contribution in [2.75, 3.05) is 6.61 Å². The summed E-state index contributed by atoms with van der Waals surface area (Å²) in [4.78, 5) is 12.3. The summed E-state index contributed by atoms with van der Waals surface area (Å²) < 4.78 is 13.4. The summed E-state index contributed by atoms with van der Waals surface area (Å²) in [5, 5.41) is 11.7. The van der Waals surface area contributed by atoms with Crippen molar-refractivity contribution in [3.63, 3.8) is 0 Å². The lowest BCUT2D eigenvalue weighted by Gasteiger charge is -2.42. The molecular weight excluding hydrogens is 257 g/mol. The van der Waals surface area contributed by atoms with E-state index in [1.807, 2.05) is 6.92 Å². The van der Waals surface area contributed by atoms with Crippen LogP contribution in [0.25, 0.3) is 0 Å². The van der Waals surface area contributed by atoms with Crippen LogP contribution in [0.4, 0.5) is 4.39 Å². The molecule has 20 heavy (non-hydrogen) atoms. The first-order valence-corrected chi connectivity index (χ1v) is 6.82. The summed E-state index contributed by atoms with van der Waals surface area (Å²) in [5.74, 6) is 4.40. The van der Waals surface area contributed by atoms with E-state index < -0.39 is 5.82 Å². The second-order valence-corrected chi connectivity index (χ2v) is 5.09. The standard InChI is InChI=1S/C16H18FNO2/c1-2-16(8-4-9-16)18-15(20)14-11-13(17)7-6-12(14)5-3-10-19/h6-7,11,19H,2,4,8-10H2,1H3,(H,18,20). The maximum Gasteiger partial charge on any atom is 0.253 e. The van der Waals surface area contributed by atoms with E-state index >= 15 is 0 Å². The van der Waals surface area contributed by atoms with Crippen LogP contribution in [0, 0.1) is 17.7 Å². The van der Waals surface area contributed by atoms with E-state index in [-0.39, 0.29) is 23.6 Å². The first-order chi connectivity index (χ1) is 9.60. The molecule has 0 bridgehead atoms. The highest BCUT2D eigenvalue weighted by Crippen LogP contribution is 2.35. The van der Waals surface area contributed by atoms with Crippen LogP contribution in [-0.2, 0) is 0 Å². The van der Waals surface area contributed by atoms with E-state index in [1.54, 1.807) is 0 Å². The van der Waals surface area contributed by atoms with Gasteiger partial charge in [-0.15, -0.1) is 0 Å². The van der Waals surface area contributed by atoms with Crippen molar-refractivity contribution in [1.29, 1.82) is 0 Å². The van der Waals surface area contributed by atoms with Crippen molar-refractivity contribution in [3.8, 4) is 11.8 Å². The molecule has 1 aromatic rings. The fourth-order valence-corrected chi connectivity index (χ4v) is 2.43. The third-order valence-corrected chi connectivity index (χ3v) is 3.89. The summed E-state index contributed by atoms with van der Waals surface area (Å²) in [5.41, 5.74) is 0.514. The molecule has 2 rings (SSSR count). The highest BCUT2D eigenvalue weighted by atomic mass is 19.1. The van der Waals surface area contributed by atoms with Gasteiger partial charge in [0, 0.05) is 11.1 Å². The Balaban J connectivity index is 2.26. The van der Waals surface area contributed by atoms with Gasteiger partial charge in [-0.05, 0) is 43.9 Å². The topological polar surface area (TPSA) is 49.3 Å². The molecule has 2 N–H and O–H groups in total. The fraction of sp³-hybridized carbons (Fsp3) is 0.438. The monoisotopic (exact) mass is 275 g/mol. The number of rotatable bonds is 3. The second kappa shape index (κ2) is 6.06. The van der Waals surface area contributed by atoms with Gasteiger partial charge in [-0.1, -0.05) is 18.8 Å². The van der Waals surface area contributed by atoms with Crippen LogP contribution in [0.15, 0.2) is 18.2 Å². The predicted molar refractivity (Wildman–Crippen MR) is 74.7 cm³/mol. The van der Waals surface area contributed by atoms with Crippen molar-refractivity contribution < 1.29 is 14.3 Å². The summed E-state index contributed by atoms with van der Waals surface area (Å²) in [7, 11) is 0. The molecule has 0 heterocycles. The molecule has 1 aromatic carbocycles. The van der Waals surface area contributed by atoms with Gasteiger partial charge in [0.25, 0.3) is 5.91 Å². The van der Waals surface area contributed by atoms with Crippen LogP contribution < -0.4 is 5.32 Å². The SMILES string of the molecule is CCC1(NC(=O)c2cc(F)ccc2C#CCO)CCC1. The van der Waals surface area contributed by atoms with Gasteiger partial charge >= 0.3 is 0 Å². The van der Waals surface area contributed by atoms with E-state index in [2.05, 4.69) is 17.2 Å². The Bertz CT molecular complexity index is 562. The third-order valence-electron chi connectivity index (χ3n) is 3.89. The number of carbonyl (C=O) groups is 1. The molecule has 0 radical (unpaired) electrons. The summed E-state index contributed by atoms with van der Waals surface area (Å²) in [6.07, 6.45) is 3.89. The van der Waals surface area contributed by atoms with Crippen LogP contribution in [0.3, 0.4) is 0 Å². The smallest absolute Gasteiger partial charge is 0.253 e. The van der Waals surface area contributed by atoms with Gasteiger partial charge in [-0.2, -0.15) is 0 Å². The van der Waals surface area contributed by atoms with Crippen molar-refractivity contribution in [2.45, 2.75) is 38.1 Å². The van der Waals surface area contributed by atoms with Crippen molar-refractivity contribution >= 4 is 5.91 Å². The molecule has 1 aliphatic carbocycles. The van der Waals surface area contributed by atoms with E-state index in [0.717, 1.165) is 25.7 Å². The van der Waals surface area contributed by atoms with E-state index in [4.69, 9.17) is 5.11 Å². The minimum atomic E-state index is -0.469. The number of carbonyl (C=O) groups excluding carboxylic acids is 1. The van der Waals surface area contributed by atoms with E-state index in [0.29, 0.717) is 5.56 Å². The van der Waals surface area contributed by atoms with E-state index in [1.165, 1.54) is 18.2 Å². The minimum absolute atomic E-state index is 0.148. The van der Waals surface area contributed by atoms with Crippen LogP contribution in [-0.4, -0.2) is 23.2 Å². The molecule has 106 valence electrons. The fourth-order valence-electron chi connectivity index (χ4n) is 2.43. The molecule has 1 amide bonds. The highest BCUT2D eigenvalue weighted by Gasteiger charge is 2.36. The molecule has 0 atom stereocenters. The van der Waals surface area contributed by atoms with Crippen LogP contribution >= 0.6 is 0 Å². The third kappa shape index (κ3) is 3.00. The van der Waals surface area contributed by atoms with Gasteiger partial charge in [0.1, 0.15) is 12.4 Å². The summed E-state index contributed by atoms with van der Waals surface area (Å²) in [6.45, 7) is 1.74. The first-order valence-electron chi connectivity index (χ1n) is 6.82. The first kappa shape index (κ1) is 14.5. The van der Waals surface area contributed by atoms with Gasteiger partial charge < -0.3 is 10.4 Å². The average molecular weight is 275 g/mol. The number of hydrogen-bond acceptors (Lipinski definition) is 2. The van der Waals surface area contributed by atoms with Gasteiger partial charge in [0.2, 0.25) is 0 Å². The number of hydrogen-bond donors (Lipinski definition) is 2. The normalized spacial score (nSPS) is 15.8. The molecule has 0 spiro atoms. The number of benzene rings is 1. The minimum Gasteiger partial charge on any atom is -0.384 e. The molecule has 1 fully saturated rings.